The van der Waals surface area contributed by atoms with Crippen molar-refractivity contribution in [2.24, 2.45) is 5.41 Å². The van der Waals surface area contributed by atoms with Gasteiger partial charge in [0.1, 0.15) is 11.5 Å². The quantitative estimate of drug-likeness (QED) is 0.733. The van der Waals surface area contributed by atoms with Gasteiger partial charge in [-0.2, -0.15) is 0 Å². The van der Waals surface area contributed by atoms with Crippen molar-refractivity contribution < 1.29 is 0 Å². The maximum absolute atomic E-state index is 4.39. The number of hydrogen-bond donors (Lipinski definition) is 1. The Kier molecular flexibility index (Phi) is 1.39. The molecule has 0 aromatic carbocycles. The lowest BCUT2D eigenvalue weighted by atomic mass is 10.1. The number of nitrogens with zero attached hydrogens (tertiary/aromatic N) is 2. The van der Waals surface area contributed by atoms with Gasteiger partial charge in [0.25, 0.3) is 0 Å². The molecule has 2 heterocycles. The average molecular weight is 189 g/mol. The third kappa shape index (κ3) is 0.953. The normalized spacial score (nSPS) is 32.9. The van der Waals surface area contributed by atoms with E-state index in [0.717, 1.165) is 12.2 Å². The third-order valence-corrected chi connectivity index (χ3v) is 3.42. The van der Waals surface area contributed by atoms with Crippen LogP contribution in [0.5, 0.6) is 0 Å². The van der Waals surface area contributed by atoms with Crippen molar-refractivity contribution >= 4 is 11.9 Å². The van der Waals surface area contributed by atoms with E-state index < -0.39 is 0 Å². The first-order chi connectivity index (χ1) is 6.73. The summed E-state index contributed by atoms with van der Waals surface area (Å²) in [7, 11) is 0. The number of imidazole rings is 1. The van der Waals surface area contributed by atoms with Crippen LogP contribution in [0, 0.1) is 5.41 Å². The van der Waals surface area contributed by atoms with Crippen molar-refractivity contribution in [3.63, 3.8) is 0 Å². The minimum Gasteiger partial charge on any atom is -0.366 e. The lowest BCUT2D eigenvalue weighted by Gasteiger charge is -2.09. The maximum Gasteiger partial charge on any atom is 0.133 e. The van der Waals surface area contributed by atoms with Crippen LogP contribution in [0.1, 0.15) is 26.0 Å². The zero-order valence-electron chi connectivity index (χ0n) is 8.62. The fourth-order valence-electron chi connectivity index (χ4n) is 2.13. The van der Waals surface area contributed by atoms with Gasteiger partial charge in [-0.05, 0) is 19.4 Å². The Hall–Kier alpha value is -1.25. The second-order valence-corrected chi connectivity index (χ2v) is 4.50. The molecule has 0 spiro atoms. The summed E-state index contributed by atoms with van der Waals surface area (Å²) < 4.78 is 2.17. The third-order valence-electron chi connectivity index (χ3n) is 3.42. The summed E-state index contributed by atoms with van der Waals surface area (Å²) in [5, 5.41) is 3.57. The summed E-state index contributed by atoms with van der Waals surface area (Å²) in [6, 6.07) is 0.613. The van der Waals surface area contributed by atoms with Crippen LogP contribution in [-0.4, -0.2) is 15.6 Å². The topological polar surface area (TPSA) is 29.9 Å². The number of anilines is 1. The predicted octanol–water partition coefficient (Wildman–Crippen LogP) is 2.12. The number of aryl methyl sites for hydroxylation is 1. The predicted molar refractivity (Wildman–Crippen MR) is 57.1 cm³/mol. The second kappa shape index (κ2) is 2.41. The highest BCUT2D eigenvalue weighted by Gasteiger charge is 2.49. The van der Waals surface area contributed by atoms with Gasteiger partial charge in [-0.3, -0.25) is 0 Å². The molecule has 0 bridgehead atoms. The van der Waals surface area contributed by atoms with Crippen LogP contribution in [-0.2, 0) is 6.54 Å². The lowest BCUT2D eigenvalue weighted by Crippen LogP contribution is -2.11. The second-order valence-electron chi connectivity index (χ2n) is 4.50. The zero-order valence-corrected chi connectivity index (χ0v) is 8.62. The largest absolute Gasteiger partial charge is 0.366 e. The molecular formula is C11H15N3. The van der Waals surface area contributed by atoms with E-state index >= 15 is 0 Å². The van der Waals surface area contributed by atoms with Crippen LogP contribution in [0.25, 0.3) is 6.08 Å². The van der Waals surface area contributed by atoms with Crippen molar-refractivity contribution in [3.05, 3.63) is 18.1 Å². The minimum absolute atomic E-state index is 0.374. The Labute approximate surface area is 83.8 Å². The molecule has 1 aromatic heterocycles. The van der Waals surface area contributed by atoms with Gasteiger partial charge in [0.05, 0.1) is 6.33 Å². The van der Waals surface area contributed by atoms with Gasteiger partial charge in [0.15, 0.2) is 0 Å². The van der Waals surface area contributed by atoms with Crippen LogP contribution in [0.15, 0.2) is 12.4 Å². The Morgan fingerprint density at radius 2 is 2.57 bits per heavy atom. The first-order valence-corrected chi connectivity index (χ1v) is 5.24. The Bertz CT molecular complexity index is 405. The maximum atomic E-state index is 4.39. The summed E-state index contributed by atoms with van der Waals surface area (Å²) in [5.41, 5.74) is 1.46. The van der Waals surface area contributed by atoms with Gasteiger partial charge in [-0.25, -0.2) is 4.98 Å². The van der Waals surface area contributed by atoms with Crippen molar-refractivity contribution in [1.29, 1.82) is 0 Å². The monoisotopic (exact) mass is 189 g/mol. The van der Waals surface area contributed by atoms with E-state index in [9.17, 15) is 0 Å². The molecule has 1 aliphatic carbocycles. The summed E-state index contributed by atoms with van der Waals surface area (Å²) in [6.45, 7) is 5.42. The van der Waals surface area contributed by atoms with Gasteiger partial charge in [0, 0.05) is 18.0 Å². The molecule has 2 aliphatic rings. The van der Waals surface area contributed by atoms with Crippen LogP contribution >= 0.6 is 0 Å². The molecule has 3 rings (SSSR count). The summed E-state index contributed by atoms with van der Waals surface area (Å²) in [6.07, 6.45) is 7.61. The molecule has 1 aliphatic heterocycles. The highest BCUT2D eigenvalue weighted by molar-refractivity contribution is 5.65. The molecule has 1 N–H and O–H groups in total. The molecular weight excluding hydrogens is 174 g/mol. The van der Waals surface area contributed by atoms with E-state index in [0.29, 0.717) is 11.5 Å². The molecule has 1 saturated carbocycles. The Morgan fingerprint density at radius 3 is 3.36 bits per heavy atom. The first kappa shape index (κ1) is 8.09. The summed E-state index contributed by atoms with van der Waals surface area (Å²) in [5.74, 6) is 1.19. The van der Waals surface area contributed by atoms with E-state index in [1.165, 1.54) is 12.2 Å². The molecule has 0 radical (unpaired) electrons. The van der Waals surface area contributed by atoms with E-state index in [4.69, 9.17) is 0 Å². The number of rotatable bonds is 1. The SMILES string of the molecule is CCn1cnc2c1NC1C[C@@]1(C)C=C2. The molecule has 1 aromatic rings. The number of hydrogen-bond acceptors (Lipinski definition) is 2. The van der Waals surface area contributed by atoms with Crippen molar-refractivity contribution in [1.82, 2.24) is 9.55 Å². The minimum atomic E-state index is 0.374. The van der Waals surface area contributed by atoms with Crippen molar-refractivity contribution in [2.75, 3.05) is 5.32 Å². The fourth-order valence-corrected chi connectivity index (χ4v) is 2.13. The Balaban J connectivity index is 2.05. The molecule has 74 valence electrons. The van der Waals surface area contributed by atoms with Crippen molar-refractivity contribution in [3.8, 4) is 0 Å². The van der Waals surface area contributed by atoms with E-state index in [2.05, 4.69) is 40.9 Å². The van der Waals surface area contributed by atoms with E-state index in [1.54, 1.807) is 0 Å². The standard InChI is InChI=1S/C11H15N3/c1-3-14-7-12-8-4-5-11(2)6-9(11)13-10(8)14/h4-5,7,9,13H,3,6H2,1-2H3/t9?,11-/m1/s1. The van der Waals surface area contributed by atoms with Gasteiger partial charge >= 0.3 is 0 Å². The van der Waals surface area contributed by atoms with Crippen LogP contribution in [0.4, 0.5) is 5.82 Å². The molecule has 1 unspecified atom stereocenters. The Morgan fingerprint density at radius 1 is 1.71 bits per heavy atom. The highest BCUT2D eigenvalue weighted by Crippen LogP contribution is 2.50. The average Bonchev–Trinajstić information content (AvgIpc) is 2.68. The van der Waals surface area contributed by atoms with Gasteiger partial charge < -0.3 is 9.88 Å². The number of nitrogens with one attached hydrogen (secondary N) is 1. The van der Waals surface area contributed by atoms with Crippen molar-refractivity contribution in [2.45, 2.75) is 32.9 Å². The molecule has 14 heavy (non-hydrogen) atoms. The van der Waals surface area contributed by atoms with Gasteiger partial charge in [-0.15, -0.1) is 0 Å². The molecule has 0 saturated heterocycles. The molecule has 3 nitrogen and oxygen atoms in total. The fraction of sp³-hybridized carbons (Fsp3) is 0.545. The smallest absolute Gasteiger partial charge is 0.133 e. The first-order valence-electron chi connectivity index (χ1n) is 5.24. The van der Waals surface area contributed by atoms with Gasteiger partial charge in [-0.1, -0.05) is 13.0 Å². The molecule has 0 amide bonds. The zero-order chi connectivity index (χ0) is 9.76. The summed E-state index contributed by atoms with van der Waals surface area (Å²) in [4.78, 5) is 4.39. The van der Waals surface area contributed by atoms with Gasteiger partial charge in [0.2, 0.25) is 0 Å². The summed E-state index contributed by atoms with van der Waals surface area (Å²) >= 11 is 0. The number of fused-ring (bicyclic) bond motifs is 2. The molecule has 2 atom stereocenters. The lowest BCUT2D eigenvalue weighted by molar-refractivity contribution is 0.712. The molecule has 3 heteroatoms. The van der Waals surface area contributed by atoms with E-state index in [-0.39, 0.29) is 0 Å². The van der Waals surface area contributed by atoms with Crippen LogP contribution < -0.4 is 5.32 Å². The van der Waals surface area contributed by atoms with E-state index in [1.807, 2.05) is 6.33 Å². The van der Waals surface area contributed by atoms with Crippen LogP contribution in [0.3, 0.4) is 0 Å². The molecule has 1 fully saturated rings. The van der Waals surface area contributed by atoms with Crippen LogP contribution in [0.2, 0.25) is 0 Å². The number of aromatic nitrogens is 2. The highest BCUT2D eigenvalue weighted by atomic mass is 15.2.